The molecular weight excluding hydrogens is 178 g/mol. The predicted octanol–water partition coefficient (Wildman–Crippen LogP) is -0.595. The monoisotopic (exact) mass is 191 g/mol. The molecule has 5 N–H and O–H groups in total. The van der Waals surface area contributed by atoms with Gasteiger partial charge in [0.05, 0.1) is 0 Å². The first-order valence-electron chi connectivity index (χ1n) is 3.51. The Morgan fingerprint density at radius 1 is 1.75 bits per heavy atom. The standard InChI is InChI=1S/C6H13N3O2S/c1-4(9-6(7)12)2-3-5(10)11-8/h4H,2-3,8H2,1H3,(H3,7,9,12). The number of hydrogen-bond acceptors (Lipinski definition) is 4. The second kappa shape index (κ2) is 5.73. The lowest BCUT2D eigenvalue weighted by molar-refractivity contribution is -0.144. The molecule has 0 bridgehead atoms. The smallest absolute Gasteiger partial charge is 0.324 e. The maximum absolute atomic E-state index is 10.6. The molecule has 0 rings (SSSR count). The minimum absolute atomic E-state index is 0.0570. The normalized spacial score (nSPS) is 11.8. The zero-order valence-corrected chi connectivity index (χ0v) is 7.69. The van der Waals surface area contributed by atoms with Gasteiger partial charge in [-0.3, -0.25) is 4.79 Å². The van der Waals surface area contributed by atoms with Crippen LogP contribution in [0.2, 0.25) is 0 Å². The van der Waals surface area contributed by atoms with Crippen molar-refractivity contribution >= 4 is 23.3 Å². The number of nitrogens with two attached hydrogens (primary N) is 2. The van der Waals surface area contributed by atoms with E-state index in [0.29, 0.717) is 6.42 Å². The summed E-state index contributed by atoms with van der Waals surface area (Å²) < 4.78 is 0. The molecule has 70 valence electrons. The van der Waals surface area contributed by atoms with E-state index in [1.165, 1.54) is 0 Å². The number of nitrogens with one attached hydrogen (secondary N) is 1. The Hall–Kier alpha value is -0.880. The molecule has 0 amide bonds. The van der Waals surface area contributed by atoms with Crippen LogP contribution in [0, 0.1) is 0 Å². The van der Waals surface area contributed by atoms with Gasteiger partial charge in [-0.25, -0.2) is 0 Å². The van der Waals surface area contributed by atoms with Crippen molar-refractivity contribution in [3.05, 3.63) is 0 Å². The summed E-state index contributed by atoms with van der Waals surface area (Å²) in [6.07, 6.45) is 0.848. The number of hydrogen-bond donors (Lipinski definition) is 3. The van der Waals surface area contributed by atoms with Crippen molar-refractivity contribution in [1.82, 2.24) is 5.32 Å². The average molecular weight is 191 g/mol. The summed E-state index contributed by atoms with van der Waals surface area (Å²) in [6, 6.07) is 0.0570. The van der Waals surface area contributed by atoms with Crippen molar-refractivity contribution in [1.29, 1.82) is 0 Å². The molecule has 1 unspecified atom stereocenters. The van der Waals surface area contributed by atoms with Crippen molar-refractivity contribution in [3.8, 4) is 0 Å². The molecule has 0 spiro atoms. The van der Waals surface area contributed by atoms with Crippen LogP contribution in [0.3, 0.4) is 0 Å². The molecule has 0 aliphatic heterocycles. The Labute approximate surface area is 76.4 Å². The van der Waals surface area contributed by atoms with Gasteiger partial charge in [-0.15, -0.1) is 0 Å². The topological polar surface area (TPSA) is 90.4 Å². The fraction of sp³-hybridized carbons (Fsp3) is 0.667. The van der Waals surface area contributed by atoms with Crippen LogP contribution in [0.25, 0.3) is 0 Å². The van der Waals surface area contributed by atoms with Crippen LogP contribution < -0.4 is 16.9 Å². The Balaban J connectivity index is 3.50. The van der Waals surface area contributed by atoms with E-state index in [0.717, 1.165) is 0 Å². The Kier molecular flexibility index (Phi) is 5.31. The first-order valence-corrected chi connectivity index (χ1v) is 3.92. The molecule has 0 saturated heterocycles. The highest BCUT2D eigenvalue weighted by Crippen LogP contribution is 1.96. The molecule has 0 aromatic heterocycles. The van der Waals surface area contributed by atoms with Crippen molar-refractivity contribution in [2.75, 3.05) is 0 Å². The summed E-state index contributed by atoms with van der Waals surface area (Å²) in [5, 5.41) is 3.01. The lowest BCUT2D eigenvalue weighted by Gasteiger charge is -2.11. The lowest BCUT2D eigenvalue weighted by Crippen LogP contribution is -2.36. The van der Waals surface area contributed by atoms with Gasteiger partial charge in [0.25, 0.3) is 0 Å². The van der Waals surface area contributed by atoms with E-state index in [2.05, 4.69) is 28.3 Å². The van der Waals surface area contributed by atoms with Gasteiger partial charge in [-0.05, 0) is 25.6 Å². The van der Waals surface area contributed by atoms with Crippen LogP contribution in [0.15, 0.2) is 0 Å². The second-order valence-electron chi connectivity index (χ2n) is 2.44. The van der Waals surface area contributed by atoms with Crippen molar-refractivity contribution in [2.24, 2.45) is 11.6 Å². The van der Waals surface area contributed by atoms with Gasteiger partial charge in [-0.2, -0.15) is 5.90 Å². The molecule has 0 aromatic carbocycles. The lowest BCUT2D eigenvalue weighted by atomic mass is 10.2. The van der Waals surface area contributed by atoms with Crippen LogP contribution in [0.1, 0.15) is 19.8 Å². The molecule has 5 nitrogen and oxygen atoms in total. The SMILES string of the molecule is CC(CCC(=O)ON)NC(N)=S. The van der Waals surface area contributed by atoms with E-state index in [1.807, 2.05) is 6.92 Å². The molecule has 0 aliphatic rings. The molecule has 6 heteroatoms. The highest BCUT2D eigenvalue weighted by atomic mass is 32.1. The minimum atomic E-state index is -0.438. The number of carbonyl (C=O) groups is 1. The summed E-state index contributed by atoms with van der Waals surface area (Å²) in [6.45, 7) is 1.86. The van der Waals surface area contributed by atoms with E-state index < -0.39 is 5.97 Å². The molecule has 12 heavy (non-hydrogen) atoms. The average Bonchev–Trinajstić information content (AvgIpc) is 1.99. The molecule has 0 aromatic rings. The zero-order valence-electron chi connectivity index (χ0n) is 6.87. The van der Waals surface area contributed by atoms with Gasteiger partial charge in [0.1, 0.15) is 0 Å². The highest BCUT2D eigenvalue weighted by molar-refractivity contribution is 7.80. The third-order valence-electron chi connectivity index (χ3n) is 1.30. The van der Waals surface area contributed by atoms with E-state index in [1.54, 1.807) is 0 Å². The quantitative estimate of drug-likeness (QED) is 0.406. The van der Waals surface area contributed by atoms with Crippen LogP contribution >= 0.6 is 12.2 Å². The Morgan fingerprint density at radius 2 is 2.33 bits per heavy atom. The molecular formula is C6H13N3O2S. The van der Waals surface area contributed by atoms with Gasteiger partial charge in [0.15, 0.2) is 5.11 Å². The summed E-state index contributed by atoms with van der Waals surface area (Å²) in [4.78, 5) is 14.5. The van der Waals surface area contributed by atoms with Gasteiger partial charge in [0, 0.05) is 12.5 Å². The van der Waals surface area contributed by atoms with E-state index in [9.17, 15) is 4.79 Å². The molecule has 0 heterocycles. The third-order valence-corrected chi connectivity index (χ3v) is 1.42. The highest BCUT2D eigenvalue weighted by Gasteiger charge is 2.06. The molecule has 0 radical (unpaired) electrons. The van der Waals surface area contributed by atoms with E-state index in [4.69, 9.17) is 5.73 Å². The summed E-state index contributed by atoms with van der Waals surface area (Å²) >= 11 is 4.61. The van der Waals surface area contributed by atoms with Crippen LogP contribution in [0.4, 0.5) is 0 Å². The largest absolute Gasteiger partial charge is 0.376 e. The molecule has 1 atom stereocenters. The zero-order chi connectivity index (χ0) is 9.56. The fourth-order valence-electron chi connectivity index (χ4n) is 0.708. The van der Waals surface area contributed by atoms with Crippen LogP contribution in [-0.2, 0) is 9.63 Å². The van der Waals surface area contributed by atoms with Gasteiger partial charge in [-0.1, -0.05) is 0 Å². The summed E-state index contributed by atoms with van der Waals surface area (Å²) in [5.41, 5.74) is 5.21. The van der Waals surface area contributed by atoms with Gasteiger partial charge >= 0.3 is 5.97 Å². The number of carbonyl (C=O) groups excluding carboxylic acids is 1. The number of thiocarbonyl (C=S) groups is 1. The van der Waals surface area contributed by atoms with Crippen molar-refractivity contribution in [2.45, 2.75) is 25.8 Å². The van der Waals surface area contributed by atoms with Crippen molar-refractivity contribution < 1.29 is 9.63 Å². The maximum atomic E-state index is 10.6. The molecule has 0 saturated carbocycles. The first kappa shape index (κ1) is 11.1. The van der Waals surface area contributed by atoms with Gasteiger partial charge < -0.3 is 15.9 Å². The maximum Gasteiger partial charge on any atom is 0.324 e. The third kappa shape index (κ3) is 5.87. The first-order chi connectivity index (χ1) is 5.56. The second-order valence-corrected chi connectivity index (χ2v) is 2.88. The summed E-state index contributed by atoms with van der Waals surface area (Å²) in [5.74, 6) is 4.20. The van der Waals surface area contributed by atoms with Crippen molar-refractivity contribution in [3.63, 3.8) is 0 Å². The van der Waals surface area contributed by atoms with Crippen LogP contribution in [-0.4, -0.2) is 17.1 Å². The van der Waals surface area contributed by atoms with Gasteiger partial charge in [0.2, 0.25) is 0 Å². The minimum Gasteiger partial charge on any atom is -0.376 e. The van der Waals surface area contributed by atoms with E-state index in [-0.39, 0.29) is 17.6 Å². The van der Waals surface area contributed by atoms with Crippen LogP contribution in [0.5, 0.6) is 0 Å². The predicted molar refractivity (Wildman–Crippen MR) is 48.9 cm³/mol. The molecule has 0 fully saturated rings. The fourth-order valence-corrected chi connectivity index (χ4v) is 0.909. The Bertz CT molecular complexity index is 174. The molecule has 0 aliphatic carbocycles. The number of rotatable bonds is 4. The van der Waals surface area contributed by atoms with E-state index >= 15 is 0 Å². The Morgan fingerprint density at radius 3 is 2.75 bits per heavy atom. The summed E-state index contributed by atoms with van der Waals surface area (Å²) in [7, 11) is 0.